The van der Waals surface area contributed by atoms with Crippen molar-refractivity contribution in [1.29, 1.82) is 0 Å². The molecule has 0 aliphatic rings. The molecule has 0 saturated heterocycles. The molecule has 0 aromatic heterocycles. The molecule has 0 aromatic carbocycles. The van der Waals surface area contributed by atoms with E-state index >= 15 is 0 Å². The van der Waals surface area contributed by atoms with Gasteiger partial charge in [0.1, 0.15) is 13.2 Å². The number of ether oxygens (including phenoxy) is 3. The molecule has 1 unspecified atom stereocenters. The molecule has 1 atom stereocenters. The van der Waals surface area contributed by atoms with E-state index in [1.807, 2.05) is 0 Å². The maximum absolute atomic E-state index is 12.8. The number of rotatable bonds is 42. The lowest BCUT2D eigenvalue weighted by Gasteiger charge is -2.18. The van der Waals surface area contributed by atoms with E-state index in [0.29, 0.717) is 19.3 Å². The average Bonchev–Trinajstić information content (AvgIpc) is 3.26. The summed E-state index contributed by atoms with van der Waals surface area (Å²) in [7, 11) is 0. The SMILES string of the molecule is CC/C=C\C/C=C\C/C=C\C/C=C\CCCCCC(=O)OCC(COC(=O)CCCC/C=C\C/C=C\C/C=C\CC)OC(=O)CCCCCCCC/C=C\C=C/CCCCC. The minimum absolute atomic E-state index is 0.114. The second-order valence-corrected chi connectivity index (χ2v) is 15.6. The van der Waals surface area contributed by atoms with Gasteiger partial charge in [-0.3, -0.25) is 14.4 Å². The Kier molecular flexibility index (Phi) is 45.6. The minimum Gasteiger partial charge on any atom is -0.462 e. The van der Waals surface area contributed by atoms with Gasteiger partial charge in [0.2, 0.25) is 0 Å². The van der Waals surface area contributed by atoms with E-state index in [9.17, 15) is 14.4 Å². The Labute approximate surface area is 374 Å². The van der Waals surface area contributed by atoms with E-state index in [2.05, 4.69) is 130 Å². The van der Waals surface area contributed by atoms with E-state index < -0.39 is 6.10 Å². The van der Waals surface area contributed by atoms with E-state index in [1.54, 1.807) is 0 Å². The Bertz CT molecular complexity index is 1290. The number of esters is 3. The molecular formula is C55H88O6. The van der Waals surface area contributed by atoms with Crippen molar-refractivity contribution < 1.29 is 28.6 Å². The summed E-state index contributed by atoms with van der Waals surface area (Å²) >= 11 is 0. The lowest BCUT2D eigenvalue weighted by molar-refractivity contribution is -0.167. The quantitative estimate of drug-likeness (QED) is 0.0200. The van der Waals surface area contributed by atoms with Gasteiger partial charge in [-0.2, -0.15) is 0 Å². The summed E-state index contributed by atoms with van der Waals surface area (Å²) in [6, 6.07) is 0. The zero-order chi connectivity index (χ0) is 44.4. The van der Waals surface area contributed by atoms with Crippen LogP contribution in [0.5, 0.6) is 0 Å². The van der Waals surface area contributed by atoms with Crippen molar-refractivity contribution in [3.63, 3.8) is 0 Å². The molecule has 6 heteroatoms. The molecule has 0 bridgehead atoms. The summed E-state index contributed by atoms with van der Waals surface area (Å²) in [5, 5.41) is 0. The topological polar surface area (TPSA) is 78.9 Å². The Balaban J connectivity index is 4.53. The first kappa shape index (κ1) is 57.1. The Hall–Kier alpha value is -3.93. The van der Waals surface area contributed by atoms with Crippen molar-refractivity contribution in [3.8, 4) is 0 Å². The van der Waals surface area contributed by atoms with E-state index in [4.69, 9.17) is 14.2 Å². The zero-order valence-electron chi connectivity index (χ0n) is 39.1. The molecule has 61 heavy (non-hydrogen) atoms. The van der Waals surface area contributed by atoms with Crippen LogP contribution < -0.4 is 0 Å². The van der Waals surface area contributed by atoms with Gasteiger partial charge in [0.05, 0.1) is 0 Å². The lowest BCUT2D eigenvalue weighted by atomic mass is 10.1. The molecule has 6 nitrogen and oxygen atoms in total. The van der Waals surface area contributed by atoms with Gasteiger partial charge in [0, 0.05) is 19.3 Å². The normalized spacial score (nSPS) is 13.0. The predicted octanol–water partition coefficient (Wildman–Crippen LogP) is 16.0. The van der Waals surface area contributed by atoms with Crippen LogP contribution in [0.1, 0.15) is 201 Å². The van der Waals surface area contributed by atoms with Crippen LogP contribution in [0.4, 0.5) is 0 Å². The summed E-state index contributed by atoms with van der Waals surface area (Å²) in [6.45, 7) is 6.28. The molecule has 0 spiro atoms. The maximum atomic E-state index is 12.8. The second-order valence-electron chi connectivity index (χ2n) is 15.6. The van der Waals surface area contributed by atoms with Gasteiger partial charge in [-0.1, -0.05) is 175 Å². The van der Waals surface area contributed by atoms with Gasteiger partial charge in [0.25, 0.3) is 0 Å². The van der Waals surface area contributed by atoms with Crippen LogP contribution in [0.2, 0.25) is 0 Å². The molecule has 0 radical (unpaired) electrons. The smallest absolute Gasteiger partial charge is 0.306 e. The summed E-state index contributed by atoms with van der Waals surface area (Å²) in [6.07, 6.45) is 65.0. The number of allylic oxidation sites excluding steroid dienone is 18. The fourth-order valence-electron chi connectivity index (χ4n) is 6.14. The first-order chi connectivity index (χ1) is 30.0. The fraction of sp³-hybridized carbons (Fsp3) is 0.618. The van der Waals surface area contributed by atoms with Gasteiger partial charge >= 0.3 is 17.9 Å². The minimum atomic E-state index is -0.814. The largest absolute Gasteiger partial charge is 0.462 e. The van der Waals surface area contributed by atoms with Gasteiger partial charge in [0.15, 0.2) is 6.10 Å². The summed E-state index contributed by atoms with van der Waals surface area (Å²) in [4.78, 5) is 37.9. The van der Waals surface area contributed by atoms with Crippen molar-refractivity contribution in [2.45, 2.75) is 207 Å². The number of hydrogen-bond donors (Lipinski definition) is 0. The Morgan fingerprint density at radius 1 is 0.361 bits per heavy atom. The van der Waals surface area contributed by atoms with Crippen LogP contribution in [-0.4, -0.2) is 37.2 Å². The van der Waals surface area contributed by atoms with Crippen molar-refractivity contribution in [2.75, 3.05) is 13.2 Å². The molecule has 0 fully saturated rings. The first-order valence-corrected chi connectivity index (χ1v) is 24.4. The van der Waals surface area contributed by atoms with Crippen LogP contribution >= 0.6 is 0 Å². The van der Waals surface area contributed by atoms with Gasteiger partial charge < -0.3 is 14.2 Å². The molecule has 0 aliphatic heterocycles. The van der Waals surface area contributed by atoms with Crippen LogP contribution in [0.25, 0.3) is 0 Å². The van der Waals surface area contributed by atoms with Crippen LogP contribution in [0.15, 0.2) is 109 Å². The number of hydrogen-bond acceptors (Lipinski definition) is 6. The lowest BCUT2D eigenvalue weighted by Crippen LogP contribution is -2.30. The first-order valence-electron chi connectivity index (χ1n) is 24.4. The van der Waals surface area contributed by atoms with Crippen LogP contribution in [0, 0.1) is 0 Å². The molecule has 0 aromatic rings. The second kappa shape index (κ2) is 48.7. The molecule has 0 heterocycles. The van der Waals surface area contributed by atoms with Crippen molar-refractivity contribution in [3.05, 3.63) is 109 Å². The third-order valence-electron chi connectivity index (χ3n) is 9.77. The number of carbonyl (C=O) groups excluding carboxylic acids is 3. The maximum Gasteiger partial charge on any atom is 0.306 e. The summed E-state index contributed by atoms with van der Waals surface area (Å²) < 4.78 is 16.7. The molecule has 0 saturated carbocycles. The molecule has 0 aliphatic carbocycles. The molecule has 344 valence electrons. The molecular weight excluding hydrogens is 757 g/mol. The van der Waals surface area contributed by atoms with Gasteiger partial charge in [-0.25, -0.2) is 0 Å². The summed E-state index contributed by atoms with van der Waals surface area (Å²) in [5.41, 5.74) is 0. The number of carbonyl (C=O) groups is 3. The van der Waals surface area contributed by atoms with E-state index in [-0.39, 0.29) is 31.1 Å². The Morgan fingerprint density at radius 3 is 1.15 bits per heavy atom. The van der Waals surface area contributed by atoms with E-state index in [0.717, 1.165) is 128 Å². The molecule has 0 amide bonds. The average molecular weight is 845 g/mol. The van der Waals surface area contributed by atoms with Crippen LogP contribution in [-0.2, 0) is 28.6 Å². The highest BCUT2D eigenvalue weighted by molar-refractivity contribution is 5.71. The highest BCUT2D eigenvalue weighted by atomic mass is 16.6. The third-order valence-corrected chi connectivity index (χ3v) is 9.77. The zero-order valence-corrected chi connectivity index (χ0v) is 39.1. The van der Waals surface area contributed by atoms with Crippen molar-refractivity contribution >= 4 is 17.9 Å². The molecule has 0 rings (SSSR count). The molecule has 0 N–H and O–H groups in total. The number of unbranched alkanes of at least 4 members (excludes halogenated alkanes) is 14. The van der Waals surface area contributed by atoms with Gasteiger partial charge in [-0.15, -0.1) is 0 Å². The monoisotopic (exact) mass is 845 g/mol. The van der Waals surface area contributed by atoms with Crippen molar-refractivity contribution in [1.82, 2.24) is 0 Å². The predicted molar refractivity (Wildman–Crippen MR) is 260 cm³/mol. The highest BCUT2D eigenvalue weighted by Gasteiger charge is 2.19. The van der Waals surface area contributed by atoms with Crippen LogP contribution in [0.3, 0.4) is 0 Å². The third kappa shape index (κ3) is 47.0. The standard InChI is InChI=1S/C55H88O6/c1-4-7-10-13-16-19-22-25-27-29-30-33-36-39-42-45-48-54(57)60-51-52(50-59-53(56)47-44-41-38-35-32-24-21-18-15-12-9-6-3)61-55(58)49-46-43-40-37-34-31-28-26-23-20-17-14-11-8-5-2/h7,9-10,12,16-21,23,25-27,30,32-33,35,52H,4-6,8,11,13-15,22,24,28-29,31,34,36-51H2,1-3H3/b10-7-,12-9-,19-16-,20-17-,21-18-,26-23-,27-25-,33-30-,35-32-. The Morgan fingerprint density at radius 2 is 0.689 bits per heavy atom. The van der Waals surface area contributed by atoms with Gasteiger partial charge in [-0.05, 0) is 116 Å². The summed E-state index contributed by atoms with van der Waals surface area (Å²) in [5.74, 6) is -1.00. The highest BCUT2D eigenvalue weighted by Crippen LogP contribution is 2.12. The van der Waals surface area contributed by atoms with E-state index in [1.165, 1.54) is 32.1 Å². The van der Waals surface area contributed by atoms with Crippen molar-refractivity contribution in [2.24, 2.45) is 0 Å². The fourth-order valence-corrected chi connectivity index (χ4v) is 6.14.